The molecule has 0 spiro atoms. The lowest BCUT2D eigenvalue weighted by Gasteiger charge is -1.98. The van der Waals surface area contributed by atoms with Crippen LogP contribution in [0, 0.1) is 5.51 Å². The number of thiazole rings is 1. The van der Waals surface area contributed by atoms with Gasteiger partial charge in [0.2, 0.25) is 0 Å². The minimum absolute atomic E-state index is 0.522. The summed E-state index contributed by atoms with van der Waals surface area (Å²) in [6.07, 6.45) is 2.36. The van der Waals surface area contributed by atoms with Crippen LogP contribution >= 0.6 is 11.3 Å². The number of rotatable bonds is 1. The number of hydrogen-bond acceptors (Lipinski definition) is 5. The van der Waals surface area contributed by atoms with Crippen molar-refractivity contribution in [1.29, 1.82) is 0 Å². The molecule has 0 aromatic carbocycles. The second-order valence-corrected chi connectivity index (χ2v) is 3.99. The van der Waals surface area contributed by atoms with E-state index in [1.807, 2.05) is 0 Å². The van der Waals surface area contributed by atoms with Crippen molar-refractivity contribution < 1.29 is 0 Å². The molecule has 0 atom stereocenters. The SMILES string of the molecule is Nc1nc(C2CC2)nc2n[c]sc12. The Kier molecular flexibility index (Phi) is 1.32. The maximum absolute atomic E-state index is 5.77. The number of anilines is 1. The molecule has 0 saturated heterocycles. The van der Waals surface area contributed by atoms with Crippen LogP contribution in [-0.2, 0) is 0 Å². The summed E-state index contributed by atoms with van der Waals surface area (Å²) in [5, 5.41) is 0. The Morgan fingerprint density at radius 3 is 3.00 bits per heavy atom. The van der Waals surface area contributed by atoms with Gasteiger partial charge in [-0.05, 0) is 12.8 Å². The van der Waals surface area contributed by atoms with E-state index >= 15 is 0 Å². The van der Waals surface area contributed by atoms with Crippen LogP contribution in [0.4, 0.5) is 5.82 Å². The molecule has 1 saturated carbocycles. The Morgan fingerprint density at radius 1 is 1.38 bits per heavy atom. The molecule has 4 nitrogen and oxygen atoms in total. The van der Waals surface area contributed by atoms with Gasteiger partial charge in [-0.2, -0.15) is 0 Å². The van der Waals surface area contributed by atoms with Crippen molar-refractivity contribution in [2.45, 2.75) is 18.8 Å². The number of aromatic nitrogens is 3. The predicted molar refractivity (Wildman–Crippen MR) is 50.4 cm³/mol. The van der Waals surface area contributed by atoms with E-state index in [1.54, 1.807) is 0 Å². The lowest BCUT2D eigenvalue weighted by atomic mass is 10.4. The Balaban J connectivity index is 2.27. The quantitative estimate of drug-likeness (QED) is 0.738. The first-order valence-corrected chi connectivity index (χ1v) is 4.96. The van der Waals surface area contributed by atoms with E-state index in [2.05, 4.69) is 20.5 Å². The second kappa shape index (κ2) is 2.38. The zero-order chi connectivity index (χ0) is 8.84. The van der Waals surface area contributed by atoms with Gasteiger partial charge in [0.1, 0.15) is 16.3 Å². The smallest absolute Gasteiger partial charge is 0.176 e. The normalized spacial score (nSPS) is 16.6. The number of fused-ring (bicyclic) bond motifs is 1. The number of hydrogen-bond donors (Lipinski definition) is 1. The van der Waals surface area contributed by atoms with Crippen molar-refractivity contribution in [3.63, 3.8) is 0 Å². The molecule has 0 unspecified atom stereocenters. The van der Waals surface area contributed by atoms with E-state index in [4.69, 9.17) is 5.73 Å². The minimum atomic E-state index is 0.522. The minimum Gasteiger partial charge on any atom is -0.382 e. The zero-order valence-electron chi connectivity index (χ0n) is 6.82. The van der Waals surface area contributed by atoms with Crippen LogP contribution in [-0.4, -0.2) is 15.0 Å². The average Bonchev–Trinajstić information content (AvgIpc) is 2.85. The van der Waals surface area contributed by atoms with Crippen LogP contribution in [0.25, 0.3) is 10.3 Å². The highest BCUT2D eigenvalue weighted by Crippen LogP contribution is 2.39. The maximum atomic E-state index is 5.77. The third-order valence-corrected chi connectivity index (χ3v) is 2.91. The molecule has 65 valence electrons. The van der Waals surface area contributed by atoms with Gasteiger partial charge in [-0.15, -0.1) is 11.3 Å². The Morgan fingerprint density at radius 2 is 2.23 bits per heavy atom. The van der Waals surface area contributed by atoms with E-state index in [0.717, 1.165) is 10.5 Å². The average molecular weight is 191 g/mol. The van der Waals surface area contributed by atoms with Gasteiger partial charge in [-0.3, -0.25) is 0 Å². The molecule has 2 N–H and O–H groups in total. The Bertz CT molecular complexity index is 460. The fourth-order valence-corrected chi connectivity index (χ4v) is 1.84. The molecule has 1 aliphatic rings. The van der Waals surface area contributed by atoms with Crippen molar-refractivity contribution in [3.05, 3.63) is 11.3 Å². The lowest BCUT2D eigenvalue weighted by Crippen LogP contribution is -1.98. The van der Waals surface area contributed by atoms with Crippen molar-refractivity contribution in [3.8, 4) is 0 Å². The molecule has 0 aliphatic heterocycles. The summed E-state index contributed by atoms with van der Waals surface area (Å²) in [4.78, 5) is 12.6. The van der Waals surface area contributed by atoms with E-state index in [9.17, 15) is 0 Å². The summed E-state index contributed by atoms with van der Waals surface area (Å²) in [7, 11) is 0. The van der Waals surface area contributed by atoms with Crippen LogP contribution in [0.15, 0.2) is 0 Å². The lowest BCUT2D eigenvalue weighted by molar-refractivity contribution is 0.948. The molecule has 1 radical (unpaired) electrons. The number of nitrogens with two attached hydrogens (primary N) is 1. The molecule has 0 bridgehead atoms. The van der Waals surface area contributed by atoms with Gasteiger partial charge in [0.05, 0.1) is 0 Å². The van der Waals surface area contributed by atoms with Crippen molar-refractivity contribution in [2.75, 3.05) is 5.73 Å². The van der Waals surface area contributed by atoms with Gasteiger partial charge in [0.25, 0.3) is 0 Å². The predicted octanol–water partition coefficient (Wildman–Crippen LogP) is 1.35. The molecule has 0 amide bonds. The highest BCUT2D eigenvalue weighted by Gasteiger charge is 2.27. The van der Waals surface area contributed by atoms with Crippen LogP contribution in [0.1, 0.15) is 24.6 Å². The van der Waals surface area contributed by atoms with Crippen LogP contribution in [0.3, 0.4) is 0 Å². The third-order valence-electron chi connectivity index (χ3n) is 2.13. The topological polar surface area (TPSA) is 64.7 Å². The molecular formula is C8H7N4S. The summed E-state index contributed by atoms with van der Waals surface area (Å²) in [5.74, 6) is 1.92. The Hall–Kier alpha value is -1.23. The van der Waals surface area contributed by atoms with E-state index in [1.165, 1.54) is 24.2 Å². The van der Waals surface area contributed by atoms with Gasteiger partial charge in [0.15, 0.2) is 11.2 Å². The molecule has 3 rings (SSSR count). The zero-order valence-corrected chi connectivity index (χ0v) is 7.64. The first-order valence-electron chi connectivity index (χ1n) is 4.14. The van der Waals surface area contributed by atoms with Crippen LogP contribution < -0.4 is 5.73 Å². The van der Waals surface area contributed by atoms with E-state index in [0.29, 0.717) is 17.4 Å². The highest BCUT2D eigenvalue weighted by atomic mass is 32.1. The van der Waals surface area contributed by atoms with Crippen LogP contribution in [0.5, 0.6) is 0 Å². The molecular weight excluding hydrogens is 184 g/mol. The van der Waals surface area contributed by atoms with E-state index < -0.39 is 0 Å². The maximum Gasteiger partial charge on any atom is 0.176 e. The summed E-state index contributed by atoms with van der Waals surface area (Å²) in [6.45, 7) is 0. The fourth-order valence-electron chi connectivity index (χ4n) is 1.28. The molecule has 13 heavy (non-hydrogen) atoms. The highest BCUT2D eigenvalue weighted by molar-refractivity contribution is 7.16. The third kappa shape index (κ3) is 1.07. The summed E-state index contributed by atoms with van der Waals surface area (Å²) >= 11 is 1.37. The van der Waals surface area contributed by atoms with Gasteiger partial charge in [0, 0.05) is 5.92 Å². The second-order valence-electron chi connectivity index (χ2n) is 3.20. The molecule has 2 heterocycles. The Labute approximate surface area is 78.8 Å². The first-order chi connectivity index (χ1) is 6.34. The molecule has 2 aromatic rings. The summed E-state index contributed by atoms with van der Waals surface area (Å²) in [6, 6.07) is 0. The van der Waals surface area contributed by atoms with Gasteiger partial charge >= 0.3 is 0 Å². The molecule has 1 aliphatic carbocycles. The first kappa shape index (κ1) is 7.20. The summed E-state index contributed by atoms with van der Waals surface area (Å²) in [5.41, 5.74) is 9.23. The van der Waals surface area contributed by atoms with Crippen LogP contribution in [0.2, 0.25) is 0 Å². The molecule has 2 aromatic heterocycles. The van der Waals surface area contributed by atoms with Gasteiger partial charge < -0.3 is 5.73 Å². The monoisotopic (exact) mass is 191 g/mol. The fraction of sp³-hybridized carbons (Fsp3) is 0.375. The summed E-state index contributed by atoms with van der Waals surface area (Å²) < 4.78 is 0.851. The number of nitrogens with zero attached hydrogens (tertiary/aromatic N) is 3. The molecule has 5 heteroatoms. The van der Waals surface area contributed by atoms with Crippen molar-refractivity contribution in [1.82, 2.24) is 15.0 Å². The van der Waals surface area contributed by atoms with Crippen molar-refractivity contribution >= 4 is 27.5 Å². The number of nitrogen functional groups attached to an aromatic ring is 1. The van der Waals surface area contributed by atoms with Gasteiger partial charge in [-0.1, -0.05) is 0 Å². The largest absolute Gasteiger partial charge is 0.382 e. The van der Waals surface area contributed by atoms with Crippen molar-refractivity contribution in [2.24, 2.45) is 0 Å². The van der Waals surface area contributed by atoms with Gasteiger partial charge in [-0.25, -0.2) is 15.0 Å². The standard InChI is InChI=1S/C8H7N4S/c9-6-5-8(10-3-13-5)12-7(11-6)4-1-2-4/h4H,1-2H2,(H2,9,11,12). The molecule has 1 fully saturated rings. The van der Waals surface area contributed by atoms with E-state index in [-0.39, 0.29) is 0 Å².